The number of hydrogen-bond acceptors (Lipinski definition) is 2. The summed E-state index contributed by atoms with van der Waals surface area (Å²) in [6.07, 6.45) is 1.36. The van der Waals surface area contributed by atoms with Crippen molar-refractivity contribution in [3.63, 3.8) is 0 Å². The van der Waals surface area contributed by atoms with Gasteiger partial charge in [0.05, 0.1) is 0 Å². The van der Waals surface area contributed by atoms with E-state index in [2.05, 4.69) is 58.7 Å². The average molecular weight is 240 g/mol. The van der Waals surface area contributed by atoms with E-state index in [0.717, 1.165) is 18.5 Å². The molecule has 1 heterocycles. The predicted octanol–water partition coefficient (Wildman–Crippen LogP) is 3.13. The van der Waals surface area contributed by atoms with Crippen molar-refractivity contribution in [2.75, 3.05) is 13.1 Å². The van der Waals surface area contributed by atoms with Crippen LogP contribution in [0.3, 0.4) is 0 Å². The molecule has 0 spiro atoms. The Morgan fingerprint density at radius 3 is 2.24 bits per heavy atom. The van der Waals surface area contributed by atoms with E-state index in [1.807, 2.05) is 0 Å². The number of nitrogens with zero attached hydrogens (tertiary/aromatic N) is 1. The molecule has 1 N–H and O–H groups in total. The third-order valence-corrected chi connectivity index (χ3v) is 4.13. The van der Waals surface area contributed by atoms with Crippen LogP contribution in [0.4, 0.5) is 0 Å². The van der Waals surface area contributed by atoms with Crippen molar-refractivity contribution in [3.8, 4) is 0 Å². The van der Waals surface area contributed by atoms with Gasteiger partial charge in [0.25, 0.3) is 0 Å². The zero-order chi connectivity index (χ0) is 13.2. The highest BCUT2D eigenvalue weighted by molar-refractivity contribution is 4.87. The number of likely N-dealkylation sites (tertiary alicyclic amines) is 1. The van der Waals surface area contributed by atoms with Crippen molar-refractivity contribution in [1.29, 1.82) is 0 Å². The Bertz CT molecular complexity index is 232. The van der Waals surface area contributed by atoms with Crippen molar-refractivity contribution in [1.82, 2.24) is 10.2 Å². The van der Waals surface area contributed by atoms with Crippen molar-refractivity contribution < 1.29 is 0 Å². The highest BCUT2D eigenvalue weighted by Gasteiger charge is 2.32. The topological polar surface area (TPSA) is 15.3 Å². The predicted molar refractivity (Wildman–Crippen MR) is 76.3 cm³/mol. The molecule has 0 aromatic rings. The summed E-state index contributed by atoms with van der Waals surface area (Å²) in [4.78, 5) is 2.69. The van der Waals surface area contributed by atoms with Gasteiger partial charge in [-0.25, -0.2) is 0 Å². The van der Waals surface area contributed by atoms with Crippen molar-refractivity contribution in [2.24, 2.45) is 11.8 Å². The van der Waals surface area contributed by atoms with Gasteiger partial charge in [-0.2, -0.15) is 0 Å². The van der Waals surface area contributed by atoms with E-state index < -0.39 is 0 Å². The maximum atomic E-state index is 3.63. The van der Waals surface area contributed by atoms with Gasteiger partial charge >= 0.3 is 0 Å². The minimum absolute atomic E-state index is 0.234. The standard InChI is InChI=1S/C15H32N2/c1-11-8-13(3)17(10-11)14(4)12(2)9-16-15(5,6)7/h11-14,16H,8-10H2,1-7H3. The van der Waals surface area contributed by atoms with Gasteiger partial charge in [0, 0.05) is 24.2 Å². The molecule has 4 unspecified atom stereocenters. The zero-order valence-corrected chi connectivity index (χ0v) is 12.9. The molecule has 0 aliphatic carbocycles. The van der Waals surface area contributed by atoms with Crippen LogP contribution in [-0.2, 0) is 0 Å². The van der Waals surface area contributed by atoms with Gasteiger partial charge in [0.15, 0.2) is 0 Å². The summed E-state index contributed by atoms with van der Waals surface area (Å²) < 4.78 is 0. The number of nitrogens with one attached hydrogen (secondary N) is 1. The molecular formula is C15H32N2. The zero-order valence-electron chi connectivity index (χ0n) is 12.9. The van der Waals surface area contributed by atoms with E-state index in [-0.39, 0.29) is 5.54 Å². The van der Waals surface area contributed by atoms with Gasteiger partial charge in [-0.3, -0.25) is 4.90 Å². The molecule has 1 saturated heterocycles. The van der Waals surface area contributed by atoms with Gasteiger partial charge in [-0.15, -0.1) is 0 Å². The van der Waals surface area contributed by atoms with Crippen LogP contribution in [0.1, 0.15) is 54.9 Å². The molecule has 0 amide bonds. The molecule has 0 aromatic carbocycles. The SMILES string of the molecule is CC1CC(C)N(C(C)C(C)CNC(C)(C)C)C1. The molecule has 1 fully saturated rings. The highest BCUT2D eigenvalue weighted by atomic mass is 15.2. The third-order valence-electron chi connectivity index (χ3n) is 4.13. The summed E-state index contributed by atoms with van der Waals surface area (Å²) in [6.45, 7) is 18.6. The lowest BCUT2D eigenvalue weighted by Crippen LogP contribution is -2.46. The molecule has 0 aromatic heterocycles. The monoisotopic (exact) mass is 240 g/mol. The van der Waals surface area contributed by atoms with Gasteiger partial charge in [-0.05, 0) is 59.4 Å². The summed E-state index contributed by atoms with van der Waals surface area (Å²) in [7, 11) is 0. The Morgan fingerprint density at radius 2 is 1.82 bits per heavy atom. The first-order chi connectivity index (χ1) is 7.70. The lowest BCUT2D eigenvalue weighted by molar-refractivity contribution is 0.147. The molecular weight excluding hydrogens is 208 g/mol. The summed E-state index contributed by atoms with van der Waals surface area (Å²) in [5, 5.41) is 3.63. The molecule has 0 radical (unpaired) electrons. The van der Waals surface area contributed by atoms with E-state index >= 15 is 0 Å². The van der Waals surface area contributed by atoms with E-state index in [1.54, 1.807) is 0 Å². The summed E-state index contributed by atoms with van der Waals surface area (Å²) in [6, 6.07) is 1.45. The van der Waals surface area contributed by atoms with Crippen LogP contribution in [0.15, 0.2) is 0 Å². The van der Waals surface area contributed by atoms with Crippen LogP contribution in [0.25, 0.3) is 0 Å². The van der Waals surface area contributed by atoms with Crippen molar-refractivity contribution in [2.45, 2.75) is 72.5 Å². The van der Waals surface area contributed by atoms with Crippen molar-refractivity contribution >= 4 is 0 Å². The van der Waals surface area contributed by atoms with E-state index in [0.29, 0.717) is 12.0 Å². The Morgan fingerprint density at radius 1 is 1.24 bits per heavy atom. The number of hydrogen-bond donors (Lipinski definition) is 1. The molecule has 2 heteroatoms. The molecule has 1 rings (SSSR count). The van der Waals surface area contributed by atoms with Gasteiger partial charge in [-0.1, -0.05) is 13.8 Å². The van der Waals surface area contributed by atoms with Crippen LogP contribution in [0, 0.1) is 11.8 Å². The van der Waals surface area contributed by atoms with Crippen LogP contribution < -0.4 is 5.32 Å². The number of rotatable bonds is 4. The van der Waals surface area contributed by atoms with Crippen LogP contribution >= 0.6 is 0 Å². The van der Waals surface area contributed by atoms with Gasteiger partial charge in [0.1, 0.15) is 0 Å². The maximum absolute atomic E-state index is 3.63. The van der Waals surface area contributed by atoms with E-state index in [1.165, 1.54) is 13.0 Å². The second-order valence-electron chi connectivity index (χ2n) is 7.24. The van der Waals surface area contributed by atoms with Gasteiger partial charge < -0.3 is 5.32 Å². The minimum atomic E-state index is 0.234. The molecule has 2 nitrogen and oxygen atoms in total. The summed E-state index contributed by atoms with van der Waals surface area (Å²) >= 11 is 0. The fraction of sp³-hybridized carbons (Fsp3) is 1.00. The smallest absolute Gasteiger partial charge is 0.0108 e. The minimum Gasteiger partial charge on any atom is -0.312 e. The Balaban J connectivity index is 2.43. The van der Waals surface area contributed by atoms with Crippen molar-refractivity contribution in [3.05, 3.63) is 0 Å². The molecule has 17 heavy (non-hydrogen) atoms. The van der Waals surface area contributed by atoms with E-state index in [4.69, 9.17) is 0 Å². The second-order valence-corrected chi connectivity index (χ2v) is 7.24. The normalized spacial score (nSPS) is 30.5. The Labute approximate surface area is 108 Å². The molecule has 0 bridgehead atoms. The molecule has 1 aliphatic rings. The quantitative estimate of drug-likeness (QED) is 0.812. The molecule has 1 aliphatic heterocycles. The fourth-order valence-electron chi connectivity index (χ4n) is 2.86. The maximum Gasteiger partial charge on any atom is 0.0108 e. The van der Waals surface area contributed by atoms with Crippen LogP contribution in [0.5, 0.6) is 0 Å². The third kappa shape index (κ3) is 4.59. The fourth-order valence-corrected chi connectivity index (χ4v) is 2.86. The highest BCUT2D eigenvalue weighted by Crippen LogP contribution is 2.27. The molecule has 102 valence electrons. The molecule has 4 atom stereocenters. The second kappa shape index (κ2) is 5.71. The van der Waals surface area contributed by atoms with E-state index in [9.17, 15) is 0 Å². The summed E-state index contributed by atoms with van der Waals surface area (Å²) in [5.74, 6) is 1.58. The molecule has 0 saturated carbocycles. The van der Waals surface area contributed by atoms with Crippen LogP contribution in [0.2, 0.25) is 0 Å². The Hall–Kier alpha value is -0.0800. The van der Waals surface area contributed by atoms with Gasteiger partial charge in [0.2, 0.25) is 0 Å². The summed E-state index contributed by atoms with van der Waals surface area (Å²) in [5.41, 5.74) is 0.234. The first kappa shape index (κ1) is 15.0. The lowest BCUT2D eigenvalue weighted by atomic mass is 9.99. The largest absolute Gasteiger partial charge is 0.312 e. The lowest BCUT2D eigenvalue weighted by Gasteiger charge is -2.34. The first-order valence-corrected chi connectivity index (χ1v) is 7.21. The first-order valence-electron chi connectivity index (χ1n) is 7.21. The Kier molecular flexibility index (Phi) is 5.03. The van der Waals surface area contributed by atoms with Crippen LogP contribution in [-0.4, -0.2) is 35.6 Å². The average Bonchev–Trinajstić information content (AvgIpc) is 2.52.